The molecule has 2 aromatic heterocycles. The first-order valence-corrected chi connectivity index (χ1v) is 12.4. The Bertz CT molecular complexity index is 1560. The van der Waals surface area contributed by atoms with Crippen LogP contribution in [0.3, 0.4) is 0 Å². The molecule has 0 aliphatic rings. The van der Waals surface area contributed by atoms with E-state index in [9.17, 15) is 4.79 Å². The van der Waals surface area contributed by atoms with E-state index in [-0.39, 0.29) is 11.7 Å². The van der Waals surface area contributed by atoms with Crippen LogP contribution in [0.1, 0.15) is 0 Å². The molecule has 37 heavy (non-hydrogen) atoms. The molecule has 1 amide bonds. The molecule has 0 saturated heterocycles. The first-order chi connectivity index (χ1) is 18.1. The number of methoxy groups -OCH3 is 3. The number of anilines is 1. The van der Waals surface area contributed by atoms with Crippen LogP contribution in [-0.2, 0) is 4.79 Å². The number of nitrogens with one attached hydrogen (secondary N) is 2. The van der Waals surface area contributed by atoms with Crippen LogP contribution in [0, 0.1) is 0 Å². The van der Waals surface area contributed by atoms with E-state index in [4.69, 9.17) is 14.2 Å². The summed E-state index contributed by atoms with van der Waals surface area (Å²) in [6, 6.07) is 20.9. The summed E-state index contributed by atoms with van der Waals surface area (Å²) in [5, 5.41) is 13.5. The number of aromatic nitrogens is 4. The van der Waals surface area contributed by atoms with Crippen molar-refractivity contribution < 1.29 is 19.0 Å². The number of nitrogens with zero attached hydrogens (tertiary/aromatic N) is 3. The quantitative estimate of drug-likeness (QED) is 0.261. The first-order valence-electron chi connectivity index (χ1n) is 11.4. The fourth-order valence-corrected chi connectivity index (χ4v) is 4.76. The molecule has 0 fully saturated rings. The molecule has 0 spiro atoms. The lowest BCUT2D eigenvalue weighted by Gasteiger charge is -2.13. The molecule has 0 aliphatic carbocycles. The van der Waals surface area contributed by atoms with Crippen LogP contribution >= 0.6 is 11.8 Å². The first kappa shape index (κ1) is 24.3. The number of thioether (sulfide) groups is 1. The Morgan fingerprint density at radius 2 is 1.76 bits per heavy atom. The summed E-state index contributed by atoms with van der Waals surface area (Å²) in [7, 11) is 4.74. The number of hydrogen-bond donors (Lipinski definition) is 2. The summed E-state index contributed by atoms with van der Waals surface area (Å²) in [5.41, 5.74) is 3.25. The molecule has 2 heterocycles. The molecule has 5 aromatic rings. The lowest BCUT2D eigenvalue weighted by molar-refractivity contribution is -0.113. The third-order valence-corrected chi connectivity index (χ3v) is 6.72. The summed E-state index contributed by atoms with van der Waals surface area (Å²) >= 11 is 1.28. The zero-order valence-corrected chi connectivity index (χ0v) is 21.3. The lowest BCUT2D eigenvalue weighted by Crippen LogP contribution is -2.15. The van der Waals surface area contributed by atoms with Crippen molar-refractivity contribution in [2.45, 2.75) is 5.16 Å². The SMILES string of the molecule is COc1cccc(-n2c(SCC(=O)Nc3cc(OC)ccc3OC)nnc2-c2c[nH]c3ccccc23)c1. The number of para-hydroxylation sites is 1. The monoisotopic (exact) mass is 515 g/mol. The van der Waals surface area contributed by atoms with Gasteiger partial charge in [-0.25, -0.2) is 0 Å². The van der Waals surface area contributed by atoms with Gasteiger partial charge in [0.05, 0.1) is 38.5 Å². The van der Waals surface area contributed by atoms with Crippen molar-refractivity contribution in [2.24, 2.45) is 0 Å². The number of hydrogen-bond acceptors (Lipinski definition) is 7. The van der Waals surface area contributed by atoms with E-state index in [1.807, 2.05) is 59.3 Å². The van der Waals surface area contributed by atoms with E-state index in [1.165, 1.54) is 11.8 Å². The molecule has 0 radical (unpaired) electrons. The summed E-state index contributed by atoms with van der Waals surface area (Å²) in [6.07, 6.45) is 1.92. The summed E-state index contributed by atoms with van der Waals surface area (Å²) < 4.78 is 18.0. The minimum absolute atomic E-state index is 0.107. The molecule has 5 rings (SSSR count). The number of ether oxygens (including phenoxy) is 3. The Hall–Kier alpha value is -4.44. The maximum Gasteiger partial charge on any atom is 0.234 e. The molecular weight excluding hydrogens is 490 g/mol. The van der Waals surface area contributed by atoms with Gasteiger partial charge in [-0.15, -0.1) is 10.2 Å². The van der Waals surface area contributed by atoms with Crippen LogP contribution < -0.4 is 19.5 Å². The second kappa shape index (κ2) is 10.7. The highest BCUT2D eigenvalue weighted by Crippen LogP contribution is 2.34. The minimum Gasteiger partial charge on any atom is -0.497 e. The predicted octanol–water partition coefficient (Wildman–Crippen LogP) is 5.17. The Morgan fingerprint density at radius 1 is 0.946 bits per heavy atom. The second-order valence-electron chi connectivity index (χ2n) is 7.99. The van der Waals surface area contributed by atoms with Gasteiger partial charge in [0.15, 0.2) is 11.0 Å². The zero-order chi connectivity index (χ0) is 25.8. The topological polar surface area (TPSA) is 103 Å². The molecule has 0 saturated carbocycles. The highest BCUT2D eigenvalue weighted by atomic mass is 32.2. The van der Waals surface area contributed by atoms with Gasteiger partial charge < -0.3 is 24.5 Å². The van der Waals surface area contributed by atoms with Crippen LogP contribution in [0.5, 0.6) is 17.2 Å². The van der Waals surface area contributed by atoms with Gasteiger partial charge in [0.1, 0.15) is 17.2 Å². The van der Waals surface area contributed by atoms with E-state index >= 15 is 0 Å². The third kappa shape index (κ3) is 4.96. The predicted molar refractivity (Wildman–Crippen MR) is 144 cm³/mol. The van der Waals surface area contributed by atoms with Crippen molar-refractivity contribution in [1.29, 1.82) is 0 Å². The maximum absolute atomic E-state index is 12.9. The Balaban J connectivity index is 1.47. The van der Waals surface area contributed by atoms with Crippen LogP contribution in [-0.4, -0.2) is 52.7 Å². The molecule has 188 valence electrons. The smallest absolute Gasteiger partial charge is 0.234 e. The van der Waals surface area contributed by atoms with Gasteiger partial charge in [0.2, 0.25) is 5.91 Å². The lowest BCUT2D eigenvalue weighted by atomic mass is 10.1. The molecule has 0 aliphatic heterocycles. The molecule has 0 atom stereocenters. The molecule has 3 aromatic carbocycles. The van der Waals surface area contributed by atoms with E-state index in [0.717, 1.165) is 22.2 Å². The van der Waals surface area contributed by atoms with Crippen LogP contribution in [0.2, 0.25) is 0 Å². The van der Waals surface area contributed by atoms with Crippen LogP contribution in [0.4, 0.5) is 5.69 Å². The number of fused-ring (bicyclic) bond motifs is 1. The number of rotatable bonds is 9. The third-order valence-electron chi connectivity index (χ3n) is 5.79. The maximum atomic E-state index is 12.9. The fraction of sp³-hybridized carbons (Fsp3) is 0.148. The highest BCUT2D eigenvalue weighted by Gasteiger charge is 2.20. The normalized spacial score (nSPS) is 10.9. The van der Waals surface area contributed by atoms with Gasteiger partial charge in [-0.05, 0) is 30.3 Å². The Labute approximate surface area is 217 Å². The van der Waals surface area contributed by atoms with Gasteiger partial charge in [-0.1, -0.05) is 36.0 Å². The summed E-state index contributed by atoms with van der Waals surface area (Å²) in [4.78, 5) is 16.2. The van der Waals surface area contributed by atoms with Crippen molar-refractivity contribution in [3.8, 4) is 34.3 Å². The van der Waals surface area contributed by atoms with E-state index < -0.39 is 0 Å². The van der Waals surface area contributed by atoms with Crippen LogP contribution in [0.25, 0.3) is 28.0 Å². The summed E-state index contributed by atoms with van der Waals surface area (Å²) in [6.45, 7) is 0. The Kier molecular flexibility index (Phi) is 7.00. The zero-order valence-electron chi connectivity index (χ0n) is 20.5. The number of amides is 1. The molecule has 9 nitrogen and oxygen atoms in total. The standard InChI is InChI=1S/C27H25N5O4S/c1-34-18-8-6-7-17(13-18)32-26(21-15-28-22-10-5-4-9-20(21)22)30-31-27(32)37-16-25(33)29-23-14-19(35-2)11-12-24(23)36-3/h4-15,28H,16H2,1-3H3,(H,29,33). The highest BCUT2D eigenvalue weighted by molar-refractivity contribution is 7.99. The second-order valence-corrected chi connectivity index (χ2v) is 8.94. The number of carbonyl (C=O) groups excluding carboxylic acids is 1. The number of aromatic amines is 1. The van der Waals surface area contributed by atoms with E-state index in [1.54, 1.807) is 39.5 Å². The minimum atomic E-state index is -0.217. The fourth-order valence-electron chi connectivity index (χ4n) is 4.00. The van der Waals surface area contributed by atoms with E-state index in [0.29, 0.717) is 33.9 Å². The number of benzene rings is 3. The van der Waals surface area contributed by atoms with Gasteiger partial charge >= 0.3 is 0 Å². The van der Waals surface area contributed by atoms with Crippen molar-refractivity contribution in [2.75, 3.05) is 32.4 Å². The largest absolute Gasteiger partial charge is 0.497 e. The average Bonchev–Trinajstić information content (AvgIpc) is 3.56. The van der Waals surface area contributed by atoms with Crippen molar-refractivity contribution in [1.82, 2.24) is 19.7 Å². The van der Waals surface area contributed by atoms with Gasteiger partial charge in [0, 0.05) is 34.8 Å². The number of carbonyl (C=O) groups is 1. The summed E-state index contributed by atoms with van der Waals surface area (Å²) in [5.74, 6) is 2.41. The van der Waals surface area contributed by atoms with Gasteiger partial charge in [0.25, 0.3) is 0 Å². The molecule has 0 bridgehead atoms. The average molecular weight is 516 g/mol. The van der Waals surface area contributed by atoms with Gasteiger partial charge in [-0.2, -0.15) is 0 Å². The van der Waals surface area contributed by atoms with Crippen molar-refractivity contribution in [3.63, 3.8) is 0 Å². The van der Waals surface area contributed by atoms with Crippen LogP contribution in [0.15, 0.2) is 78.1 Å². The van der Waals surface area contributed by atoms with Gasteiger partial charge in [-0.3, -0.25) is 9.36 Å². The molecule has 2 N–H and O–H groups in total. The van der Waals surface area contributed by atoms with Crippen molar-refractivity contribution in [3.05, 3.63) is 72.9 Å². The van der Waals surface area contributed by atoms with E-state index in [2.05, 4.69) is 20.5 Å². The molecular formula is C27H25N5O4S. The molecule has 0 unspecified atom stereocenters. The van der Waals surface area contributed by atoms with Crippen molar-refractivity contribution >= 4 is 34.3 Å². The molecule has 10 heteroatoms. The Morgan fingerprint density at radius 3 is 2.57 bits per heavy atom. The number of H-pyrrole nitrogens is 1.